The predicted octanol–water partition coefficient (Wildman–Crippen LogP) is 4.75. The number of aryl methyl sites for hydroxylation is 1. The van der Waals surface area contributed by atoms with Gasteiger partial charge in [0.1, 0.15) is 6.04 Å². The summed E-state index contributed by atoms with van der Waals surface area (Å²) in [4.78, 5) is 12.7. The predicted molar refractivity (Wildman–Crippen MR) is 108 cm³/mol. The zero-order chi connectivity index (χ0) is 19.6. The van der Waals surface area contributed by atoms with Crippen molar-refractivity contribution in [3.63, 3.8) is 0 Å². The molecule has 1 N–H and O–H groups in total. The highest BCUT2D eigenvalue weighted by Crippen LogP contribution is 2.29. The molecule has 0 aliphatic heterocycles. The molecule has 1 atom stereocenters. The summed E-state index contributed by atoms with van der Waals surface area (Å²) in [7, 11) is -3.78. The van der Waals surface area contributed by atoms with Crippen molar-refractivity contribution in [2.75, 3.05) is 15.9 Å². The number of carbonyl (C=O) groups excluding carboxylic acids is 1. The number of amides is 1. The maximum Gasteiger partial charge on any atom is 0.248 e. The lowest BCUT2D eigenvalue weighted by Gasteiger charge is -2.28. The summed E-state index contributed by atoms with van der Waals surface area (Å²) in [5.41, 5.74) is 1.51. The molecule has 5 nitrogen and oxygen atoms in total. The largest absolute Gasteiger partial charge is 0.324 e. The third kappa shape index (κ3) is 5.04. The highest BCUT2D eigenvalue weighted by atomic mass is 35.5. The highest BCUT2D eigenvalue weighted by molar-refractivity contribution is 7.92. The fourth-order valence-corrected chi connectivity index (χ4v) is 4.29. The van der Waals surface area contributed by atoms with Gasteiger partial charge < -0.3 is 5.32 Å². The van der Waals surface area contributed by atoms with Gasteiger partial charge in [0.05, 0.1) is 11.9 Å². The molecule has 2 rings (SSSR count). The average Bonchev–Trinajstić information content (AvgIpc) is 2.48. The van der Waals surface area contributed by atoms with E-state index in [1.54, 1.807) is 18.2 Å². The number of benzene rings is 2. The molecule has 0 aliphatic carbocycles. The first-order valence-corrected chi connectivity index (χ1v) is 10.5. The van der Waals surface area contributed by atoms with E-state index in [0.717, 1.165) is 16.1 Å². The monoisotopic (exact) mass is 434 g/mol. The highest BCUT2D eigenvalue weighted by Gasteiger charge is 2.30. The second-order valence-electron chi connectivity index (χ2n) is 5.81. The van der Waals surface area contributed by atoms with Gasteiger partial charge >= 0.3 is 0 Å². The second kappa shape index (κ2) is 8.05. The van der Waals surface area contributed by atoms with E-state index < -0.39 is 22.0 Å². The number of carbonyl (C=O) groups is 1. The van der Waals surface area contributed by atoms with Gasteiger partial charge in [-0.1, -0.05) is 40.9 Å². The number of hydrogen-bond donors (Lipinski definition) is 1. The molecule has 2 aromatic carbocycles. The molecule has 0 saturated heterocycles. The smallest absolute Gasteiger partial charge is 0.248 e. The van der Waals surface area contributed by atoms with Crippen LogP contribution in [0.3, 0.4) is 0 Å². The molecule has 1 amide bonds. The van der Waals surface area contributed by atoms with Crippen molar-refractivity contribution in [3.05, 3.63) is 57.0 Å². The van der Waals surface area contributed by atoms with Crippen molar-refractivity contribution in [1.82, 2.24) is 0 Å². The van der Waals surface area contributed by atoms with Crippen LogP contribution in [0, 0.1) is 6.92 Å². The van der Waals surface area contributed by atoms with Gasteiger partial charge in [-0.15, -0.1) is 0 Å². The van der Waals surface area contributed by atoms with Crippen LogP contribution in [-0.2, 0) is 14.8 Å². The Bertz CT molecular complexity index is 928. The maximum absolute atomic E-state index is 12.7. The third-order valence-corrected chi connectivity index (χ3v) is 5.56. The Hall–Kier alpha value is -1.47. The van der Waals surface area contributed by atoms with E-state index in [1.807, 2.05) is 6.92 Å². The molecule has 26 heavy (non-hydrogen) atoms. The van der Waals surface area contributed by atoms with E-state index in [0.29, 0.717) is 10.7 Å². The Kier molecular flexibility index (Phi) is 6.45. The van der Waals surface area contributed by atoms with Crippen LogP contribution in [0.1, 0.15) is 12.5 Å². The van der Waals surface area contributed by atoms with E-state index >= 15 is 0 Å². The van der Waals surface area contributed by atoms with E-state index in [4.69, 9.17) is 34.8 Å². The van der Waals surface area contributed by atoms with Crippen LogP contribution in [-0.4, -0.2) is 26.6 Å². The third-order valence-electron chi connectivity index (χ3n) is 3.65. The molecular weight excluding hydrogens is 419 g/mol. The van der Waals surface area contributed by atoms with Gasteiger partial charge in [0, 0.05) is 20.8 Å². The number of sulfonamides is 1. The zero-order valence-corrected chi connectivity index (χ0v) is 17.3. The van der Waals surface area contributed by atoms with Crippen molar-refractivity contribution in [2.45, 2.75) is 19.9 Å². The fraction of sp³-hybridized carbons (Fsp3) is 0.235. The lowest BCUT2D eigenvalue weighted by molar-refractivity contribution is -0.116. The second-order valence-corrected chi connectivity index (χ2v) is 8.98. The summed E-state index contributed by atoms with van der Waals surface area (Å²) in [5, 5.41) is 3.69. The lowest BCUT2D eigenvalue weighted by Crippen LogP contribution is -2.45. The molecule has 0 bridgehead atoms. The van der Waals surface area contributed by atoms with Crippen molar-refractivity contribution in [1.29, 1.82) is 0 Å². The molecule has 2 aromatic rings. The molecule has 0 radical (unpaired) electrons. The van der Waals surface area contributed by atoms with E-state index in [2.05, 4.69) is 5.32 Å². The van der Waals surface area contributed by atoms with Crippen molar-refractivity contribution >= 4 is 62.1 Å². The molecule has 0 unspecified atom stereocenters. The van der Waals surface area contributed by atoms with Crippen LogP contribution in [0.25, 0.3) is 0 Å². The van der Waals surface area contributed by atoms with Gasteiger partial charge in [0.25, 0.3) is 0 Å². The van der Waals surface area contributed by atoms with Gasteiger partial charge in [0.2, 0.25) is 15.9 Å². The quantitative estimate of drug-likeness (QED) is 0.737. The van der Waals surface area contributed by atoms with Gasteiger partial charge in [0.15, 0.2) is 0 Å². The Balaban J connectivity index is 2.39. The number of nitrogens with zero attached hydrogens (tertiary/aromatic N) is 1. The Labute approximate surface area is 167 Å². The molecular formula is C17H17Cl3N2O3S. The molecule has 0 aromatic heterocycles. The first-order chi connectivity index (χ1) is 12.0. The van der Waals surface area contributed by atoms with Crippen molar-refractivity contribution < 1.29 is 13.2 Å². The molecule has 0 heterocycles. The van der Waals surface area contributed by atoms with Gasteiger partial charge in [-0.3, -0.25) is 9.10 Å². The van der Waals surface area contributed by atoms with Crippen LogP contribution in [0.2, 0.25) is 15.1 Å². The number of rotatable bonds is 5. The minimum atomic E-state index is -3.78. The van der Waals surface area contributed by atoms with Crippen LogP contribution in [0.4, 0.5) is 11.4 Å². The topological polar surface area (TPSA) is 66.5 Å². The lowest BCUT2D eigenvalue weighted by atomic mass is 10.2. The molecule has 0 fully saturated rings. The fourth-order valence-electron chi connectivity index (χ4n) is 2.44. The van der Waals surface area contributed by atoms with Crippen molar-refractivity contribution in [3.8, 4) is 0 Å². The van der Waals surface area contributed by atoms with Gasteiger partial charge in [-0.05, 0) is 49.7 Å². The van der Waals surface area contributed by atoms with Gasteiger partial charge in [-0.25, -0.2) is 8.42 Å². The van der Waals surface area contributed by atoms with Crippen LogP contribution >= 0.6 is 34.8 Å². The molecule has 0 spiro atoms. The standard InChI is InChI=1S/C17H17Cl3N2O3S/c1-10-4-5-12(18)9-16(10)21-17(23)11(2)22(26(3,24)25)15-7-13(19)6-14(20)8-15/h4-9,11H,1-3H3,(H,21,23)/t11-/m0/s1. The van der Waals surface area contributed by atoms with Crippen LogP contribution in [0.5, 0.6) is 0 Å². The minimum absolute atomic E-state index is 0.204. The Morgan fingerprint density at radius 3 is 2.15 bits per heavy atom. The number of halogens is 3. The Morgan fingerprint density at radius 2 is 1.62 bits per heavy atom. The van der Waals surface area contributed by atoms with Crippen LogP contribution in [0.15, 0.2) is 36.4 Å². The maximum atomic E-state index is 12.7. The number of anilines is 2. The molecule has 0 saturated carbocycles. The normalized spacial score (nSPS) is 12.5. The average molecular weight is 436 g/mol. The molecule has 0 aliphatic rings. The van der Waals surface area contributed by atoms with Crippen LogP contribution < -0.4 is 9.62 Å². The van der Waals surface area contributed by atoms with E-state index in [1.165, 1.54) is 25.1 Å². The SMILES string of the molecule is Cc1ccc(Cl)cc1NC(=O)[C@H](C)N(c1cc(Cl)cc(Cl)c1)S(C)(=O)=O. The molecule has 9 heteroatoms. The summed E-state index contributed by atoms with van der Waals surface area (Å²) < 4.78 is 25.6. The van der Waals surface area contributed by atoms with Crippen molar-refractivity contribution in [2.24, 2.45) is 0 Å². The summed E-state index contributed by atoms with van der Waals surface area (Å²) in [6.07, 6.45) is 1.01. The minimum Gasteiger partial charge on any atom is -0.324 e. The first kappa shape index (κ1) is 20.8. The summed E-state index contributed by atoms with van der Waals surface area (Å²) >= 11 is 17.9. The summed E-state index contributed by atoms with van der Waals surface area (Å²) in [6.45, 7) is 3.28. The first-order valence-electron chi connectivity index (χ1n) is 7.51. The zero-order valence-electron chi connectivity index (χ0n) is 14.3. The summed E-state index contributed by atoms with van der Waals surface area (Å²) in [5.74, 6) is -0.517. The Morgan fingerprint density at radius 1 is 1.04 bits per heavy atom. The molecule has 140 valence electrons. The number of nitrogens with one attached hydrogen (secondary N) is 1. The van der Waals surface area contributed by atoms with Gasteiger partial charge in [-0.2, -0.15) is 0 Å². The van der Waals surface area contributed by atoms with E-state index in [9.17, 15) is 13.2 Å². The number of hydrogen-bond acceptors (Lipinski definition) is 3. The summed E-state index contributed by atoms with van der Waals surface area (Å²) in [6, 6.07) is 8.36. The van der Waals surface area contributed by atoms with E-state index in [-0.39, 0.29) is 15.7 Å².